The number of halogens is 3. The van der Waals surface area contributed by atoms with Crippen LogP contribution in [0.15, 0.2) is 47.4 Å². The fourth-order valence-electron chi connectivity index (χ4n) is 1.83. The van der Waals surface area contributed by atoms with Gasteiger partial charge in [0.05, 0.1) is 0 Å². The number of hydrogen-bond donors (Lipinski definition) is 2. The van der Waals surface area contributed by atoms with Gasteiger partial charge in [-0.3, -0.25) is 0 Å². The number of thioether (sulfide) groups is 1. The van der Waals surface area contributed by atoms with E-state index >= 15 is 0 Å². The lowest BCUT2D eigenvalue weighted by atomic mass is 10.1. The lowest BCUT2D eigenvalue weighted by Crippen LogP contribution is -2.01. The van der Waals surface area contributed by atoms with E-state index in [1.807, 2.05) is 19.1 Å². The third-order valence-corrected chi connectivity index (χ3v) is 3.55. The molecule has 0 fully saturated rings. The van der Waals surface area contributed by atoms with Crippen LogP contribution in [0.2, 0.25) is 0 Å². The Morgan fingerprint density at radius 2 is 1.76 bits per heavy atom. The van der Waals surface area contributed by atoms with Crippen LogP contribution in [-0.4, -0.2) is 10.6 Å². The van der Waals surface area contributed by atoms with Gasteiger partial charge in [-0.05, 0) is 49.0 Å². The fraction of sp³-hybridized carbons (Fsp3) is 0.200. The van der Waals surface area contributed by atoms with E-state index in [1.165, 1.54) is 12.1 Å². The average Bonchev–Trinajstić information content (AvgIpc) is 2.40. The van der Waals surface area contributed by atoms with Crippen molar-refractivity contribution in [3.63, 3.8) is 0 Å². The van der Waals surface area contributed by atoms with Crippen LogP contribution in [0, 0.1) is 6.92 Å². The zero-order valence-corrected chi connectivity index (χ0v) is 12.1. The zero-order chi connectivity index (χ0) is 15.5. The maximum atomic E-state index is 12.2. The van der Waals surface area contributed by atoms with Gasteiger partial charge in [-0.25, -0.2) is 0 Å². The van der Waals surface area contributed by atoms with Crippen LogP contribution in [0.4, 0.5) is 18.9 Å². The minimum Gasteiger partial charge on any atom is -0.508 e. The van der Waals surface area contributed by atoms with Crippen LogP contribution < -0.4 is 5.32 Å². The molecule has 0 aliphatic rings. The number of rotatable bonds is 4. The first-order valence-electron chi connectivity index (χ1n) is 6.22. The van der Waals surface area contributed by atoms with Crippen molar-refractivity contribution in [2.24, 2.45) is 0 Å². The molecule has 2 aromatic carbocycles. The number of nitrogens with one attached hydrogen (secondary N) is 1. The normalized spacial score (nSPS) is 11.4. The first-order valence-corrected chi connectivity index (χ1v) is 7.03. The molecular formula is C15H14F3NOS. The summed E-state index contributed by atoms with van der Waals surface area (Å²) in [6.07, 6.45) is 0. The zero-order valence-electron chi connectivity index (χ0n) is 11.2. The highest BCUT2D eigenvalue weighted by atomic mass is 32.2. The van der Waals surface area contributed by atoms with Gasteiger partial charge in [0.2, 0.25) is 0 Å². The second kappa shape index (κ2) is 6.30. The number of phenols is 1. The average molecular weight is 313 g/mol. The third-order valence-electron chi connectivity index (χ3n) is 2.81. The fourth-order valence-corrected chi connectivity index (χ4v) is 2.37. The molecule has 2 nitrogen and oxygen atoms in total. The van der Waals surface area contributed by atoms with Crippen molar-refractivity contribution in [1.82, 2.24) is 0 Å². The predicted octanol–water partition coefficient (Wildman–Crippen LogP) is 4.92. The van der Waals surface area contributed by atoms with Gasteiger partial charge in [0.1, 0.15) is 5.75 Å². The van der Waals surface area contributed by atoms with Crippen molar-refractivity contribution in [3.8, 4) is 5.75 Å². The molecule has 2 N–H and O–H groups in total. The Morgan fingerprint density at radius 3 is 2.38 bits per heavy atom. The smallest absolute Gasteiger partial charge is 0.446 e. The maximum absolute atomic E-state index is 12.2. The predicted molar refractivity (Wildman–Crippen MR) is 78.5 cm³/mol. The summed E-state index contributed by atoms with van der Waals surface area (Å²) < 4.78 is 36.6. The van der Waals surface area contributed by atoms with E-state index in [0.29, 0.717) is 12.2 Å². The molecule has 0 atom stereocenters. The van der Waals surface area contributed by atoms with E-state index in [0.717, 1.165) is 11.1 Å². The van der Waals surface area contributed by atoms with Gasteiger partial charge < -0.3 is 10.4 Å². The molecule has 2 rings (SSSR count). The van der Waals surface area contributed by atoms with Crippen LogP contribution in [-0.2, 0) is 6.54 Å². The van der Waals surface area contributed by atoms with Gasteiger partial charge in [-0.2, -0.15) is 13.2 Å². The van der Waals surface area contributed by atoms with Crippen molar-refractivity contribution < 1.29 is 18.3 Å². The third kappa shape index (κ3) is 4.90. The summed E-state index contributed by atoms with van der Waals surface area (Å²) in [7, 11) is 0. The summed E-state index contributed by atoms with van der Waals surface area (Å²) >= 11 is -0.139. The first kappa shape index (κ1) is 15.6. The minimum absolute atomic E-state index is 0.139. The molecule has 0 bridgehead atoms. The van der Waals surface area contributed by atoms with E-state index < -0.39 is 5.51 Å². The summed E-state index contributed by atoms with van der Waals surface area (Å²) in [4.78, 5) is 0.145. The molecule has 112 valence electrons. The van der Waals surface area contributed by atoms with Crippen LogP contribution in [0.5, 0.6) is 5.75 Å². The van der Waals surface area contributed by atoms with Crippen molar-refractivity contribution >= 4 is 17.4 Å². The van der Waals surface area contributed by atoms with Crippen LogP contribution in [0.25, 0.3) is 0 Å². The molecule has 0 aliphatic carbocycles. The lowest BCUT2D eigenvalue weighted by Gasteiger charge is -2.10. The quantitative estimate of drug-likeness (QED) is 0.785. The second-order valence-corrected chi connectivity index (χ2v) is 5.70. The highest BCUT2D eigenvalue weighted by molar-refractivity contribution is 8.00. The molecule has 0 spiro atoms. The van der Waals surface area contributed by atoms with Gasteiger partial charge in [0.15, 0.2) is 0 Å². The highest BCUT2D eigenvalue weighted by Gasteiger charge is 2.28. The molecule has 0 saturated carbocycles. The van der Waals surface area contributed by atoms with Crippen molar-refractivity contribution in [3.05, 3.63) is 53.6 Å². The number of aryl methyl sites for hydroxylation is 1. The number of phenolic OH excluding ortho intramolecular Hbond substituents is 1. The summed E-state index contributed by atoms with van der Waals surface area (Å²) in [6, 6.07) is 11.3. The number of aromatic hydroxyl groups is 1. The Kier molecular flexibility index (Phi) is 4.67. The van der Waals surface area contributed by atoms with Gasteiger partial charge >= 0.3 is 5.51 Å². The minimum atomic E-state index is -4.28. The monoisotopic (exact) mass is 313 g/mol. The Morgan fingerprint density at radius 1 is 1.10 bits per heavy atom. The molecule has 0 heterocycles. The maximum Gasteiger partial charge on any atom is 0.446 e. The summed E-state index contributed by atoms with van der Waals surface area (Å²) in [5, 5.41) is 12.8. The molecule has 6 heteroatoms. The van der Waals surface area contributed by atoms with Crippen molar-refractivity contribution in [2.45, 2.75) is 23.9 Å². The van der Waals surface area contributed by atoms with E-state index in [4.69, 9.17) is 0 Å². The topological polar surface area (TPSA) is 32.3 Å². The van der Waals surface area contributed by atoms with E-state index in [1.54, 1.807) is 18.2 Å². The van der Waals surface area contributed by atoms with Gasteiger partial charge in [0, 0.05) is 22.7 Å². The first-order chi connectivity index (χ1) is 9.83. The largest absolute Gasteiger partial charge is 0.508 e. The molecule has 0 saturated heterocycles. The molecule has 0 aromatic heterocycles. The molecular weight excluding hydrogens is 299 g/mol. The Bertz CT molecular complexity index is 611. The molecule has 0 unspecified atom stereocenters. The van der Waals surface area contributed by atoms with E-state index in [9.17, 15) is 18.3 Å². The van der Waals surface area contributed by atoms with Crippen LogP contribution in [0.1, 0.15) is 11.1 Å². The number of hydrogen-bond acceptors (Lipinski definition) is 3. The van der Waals surface area contributed by atoms with Crippen molar-refractivity contribution in [2.75, 3.05) is 5.32 Å². The van der Waals surface area contributed by atoms with Crippen LogP contribution >= 0.6 is 11.8 Å². The number of benzene rings is 2. The summed E-state index contributed by atoms with van der Waals surface area (Å²) in [5.74, 6) is 0.192. The van der Waals surface area contributed by atoms with E-state index in [-0.39, 0.29) is 22.4 Å². The number of alkyl halides is 3. The van der Waals surface area contributed by atoms with Gasteiger partial charge in [-0.1, -0.05) is 17.7 Å². The molecule has 21 heavy (non-hydrogen) atoms. The lowest BCUT2D eigenvalue weighted by molar-refractivity contribution is -0.0328. The molecule has 2 aromatic rings. The Labute approximate surface area is 125 Å². The van der Waals surface area contributed by atoms with Gasteiger partial charge in [-0.15, -0.1) is 0 Å². The van der Waals surface area contributed by atoms with Crippen LogP contribution in [0.3, 0.4) is 0 Å². The second-order valence-electron chi connectivity index (χ2n) is 4.56. The van der Waals surface area contributed by atoms with Gasteiger partial charge in [0.25, 0.3) is 0 Å². The summed E-state index contributed by atoms with van der Waals surface area (Å²) in [5.41, 5.74) is -1.81. The molecule has 0 radical (unpaired) electrons. The summed E-state index contributed by atoms with van der Waals surface area (Å²) in [6.45, 7) is 2.32. The standard InChI is InChI=1S/C15H14F3NOS/c1-10-2-7-14(20)11(8-10)9-19-12-3-5-13(6-4-12)21-15(16,17)18/h2-8,19-20H,9H2,1H3. The molecule has 0 amide bonds. The number of anilines is 1. The van der Waals surface area contributed by atoms with E-state index in [2.05, 4.69) is 5.32 Å². The Balaban J connectivity index is 1.99. The molecule has 0 aliphatic heterocycles. The SMILES string of the molecule is Cc1ccc(O)c(CNc2ccc(SC(F)(F)F)cc2)c1. The van der Waals surface area contributed by atoms with Crippen molar-refractivity contribution in [1.29, 1.82) is 0 Å². The highest BCUT2D eigenvalue weighted by Crippen LogP contribution is 2.37. The Hall–Kier alpha value is -1.82.